The van der Waals surface area contributed by atoms with Gasteiger partial charge in [-0.3, -0.25) is 4.79 Å². The molecule has 0 aromatic heterocycles. The lowest BCUT2D eigenvalue weighted by molar-refractivity contribution is 0.100. The van der Waals surface area contributed by atoms with Gasteiger partial charge in [-0.1, -0.05) is 22.0 Å². The van der Waals surface area contributed by atoms with Crippen molar-refractivity contribution in [2.45, 2.75) is 0 Å². The number of hydrogen-bond acceptors (Lipinski definition) is 1. The second-order valence-electron chi connectivity index (χ2n) is 3.68. The Bertz CT molecular complexity index is 628. The maximum Gasteiger partial charge on any atom is 0.248 e. The Hall–Kier alpha value is -1.75. The summed E-state index contributed by atoms with van der Waals surface area (Å²) in [5.74, 6) is -1.65. The molecule has 1 amide bonds. The highest BCUT2D eigenvalue weighted by Crippen LogP contribution is 2.31. The number of amides is 1. The van der Waals surface area contributed by atoms with E-state index in [2.05, 4.69) is 15.9 Å². The second-order valence-corrected chi connectivity index (χ2v) is 4.54. The van der Waals surface area contributed by atoms with Gasteiger partial charge in [0.2, 0.25) is 5.91 Å². The fraction of sp³-hybridized carbons (Fsp3) is 0. The van der Waals surface area contributed by atoms with Crippen molar-refractivity contribution < 1.29 is 13.6 Å². The van der Waals surface area contributed by atoms with E-state index in [1.807, 2.05) is 0 Å². The minimum absolute atomic E-state index is 0.123. The monoisotopic (exact) mass is 311 g/mol. The van der Waals surface area contributed by atoms with Gasteiger partial charge in [-0.25, -0.2) is 8.78 Å². The first-order valence-electron chi connectivity index (χ1n) is 5.04. The molecule has 0 aliphatic heterocycles. The molecule has 0 atom stereocenters. The summed E-state index contributed by atoms with van der Waals surface area (Å²) in [7, 11) is 0. The molecular formula is C13H8BrF2NO. The Morgan fingerprint density at radius 1 is 1.06 bits per heavy atom. The van der Waals surface area contributed by atoms with Crippen LogP contribution in [0.4, 0.5) is 8.78 Å². The van der Waals surface area contributed by atoms with Crippen LogP contribution in [0.1, 0.15) is 10.4 Å². The van der Waals surface area contributed by atoms with Crippen LogP contribution in [0.2, 0.25) is 0 Å². The summed E-state index contributed by atoms with van der Waals surface area (Å²) in [6.07, 6.45) is 0. The van der Waals surface area contributed by atoms with Gasteiger partial charge in [0.15, 0.2) is 0 Å². The second kappa shape index (κ2) is 4.86. The van der Waals surface area contributed by atoms with Crippen LogP contribution in [-0.2, 0) is 0 Å². The molecular weight excluding hydrogens is 304 g/mol. The molecule has 2 aromatic carbocycles. The predicted molar refractivity (Wildman–Crippen MR) is 68.0 cm³/mol. The van der Waals surface area contributed by atoms with Gasteiger partial charge in [-0.15, -0.1) is 0 Å². The third kappa shape index (κ3) is 2.41. The first-order chi connectivity index (χ1) is 8.49. The van der Waals surface area contributed by atoms with E-state index in [4.69, 9.17) is 5.73 Å². The number of carbonyl (C=O) groups is 1. The van der Waals surface area contributed by atoms with Gasteiger partial charge < -0.3 is 5.73 Å². The van der Waals surface area contributed by atoms with E-state index in [9.17, 15) is 13.6 Å². The standard InChI is InChI=1S/C13H8BrF2NO/c14-11-5-7(13(17)18)1-3-9(11)10-6-8(15)2-4-12(10)16/h1-6H,(H2,17,18). The SMILES string of the molecule is NC(=O)c1ccc(-c2cc(F)ccc2F)c(Br)c1. The zero-order valence-electron chi connectivity index (χ0n) is 9.08. The third-order valence-electron chi connectivity index (χ3n) is 2.47. The molecule has 0 radical (unpaired) electrons. The maximum atomic E-state index is 13.6. The predicted octanol–water partition coefficient (Wildman–Crippen LogP) is 3.49. The molecule has 2 rings (SSSR count). The highest BCUT2D eigenvalue weighted by atomic mass is 79.9. The normalized spacial score (nSPS) is 10.4. The van der Waals surface area contributed by atoms with Gasteiger partial charge in [0.1, 0.15) is 11.6 Å². The molecule has 18 heavy (non-hydrogen) atoms. The van der Waals surface area contributed by atoms with E-state index in [-0.39, 0.29) is 5.56 Å². The summed E-state index contributed by atoms with van der Waals surface area (Å²) in [5, 5.41) is 0. The van der Waals surface area contributed by atoms with Crippen LogP contribution >= 0.6 is 15.9 Å². The molecule has 0 aliphatic rings. The van der Waals surface area contributed by atoms with E-state index >= 15 is 0 Å². The molecule has 0 heterocycles. The van der Waals surface area contributed by atoms with Crippen LogP contribution in [0.5, 0.6) is 0 Å². The molecule has 5 heteroatoms. The van der Waals surface area contributed by atoms with E-state index in [1.54, 1.807) is 0 Å². The van der Waals surface area contributed by atoms with E-state index in [0.717, 1.165) is 18.2 Å². The first-order valence-corrected chi connectivity index (χ1v) is 5.83. The van der Waals surface area contributed by atoms with Gasteiger partial charge in [0.25, 0.3) is 0 Å². The average molecular weight is 312 g/mol. The van der Waals surface area contributed by atoms with Crippen molar-refractivity contribution in [3.05, 3.63) is 58.1 Å². The highest BCUT2D eigenvalue weighted by molar-refractivity contribution is 9.10. The van der Waals surface area contributed by atoms with Crippen molar-refractivity contribution in [3.63, 3.8) is 0 Å². The molecule has 2 aromatic rings. The summed E-state index contributed by atoms with van der Waals surface area (Å²) in [5.41, 5.74) is 6.00. The van der Waals surface area contributed by atoms with E-state index in [0.29, 0.717) is 15.6 Å². The minimum Gasteiger partial charge on any atom is -0.366 e. The third-order valence-corrected chi connectivity index (χ3v) is 3.13. The maximum absolute atomic E-state index is 13.6. The number of nitrogens with two attached hydrogens (primary N) is 1. The Labute approximate surface area is 111 Å². The molecule has 0 fully saturated rings. The van der Waals surface area contributed by atoms with Crippen molar-refractivity contribution >= 4 is 21.8 Å². The van der Waals surface area contributed by atoms with Gasteiger partial charge in [0, 0.05) is 15.6 Å². The lowest BCUT2D eigenvalue weighted by atomic mass is 10.0. The number of hydrogen-bond donors (Lipinski definition) is 1. The first kappa shape index (κ1) is 12.7. The largest absolute Gasteiger partial charge is 0.366 e. The molecule has 0 saturated carbocycles. The number of benzene rings is 2. The summed E-state index contributed by atoms with van der Waals surface area (Å²) in [6.45, 7) is 0. The number of primary amides is 1. The Morgan fingerprint density at radius 2 is 1.78 bits per heavy atom. The van der Waals surface area contributed by atoms with Crippen molar-refractivity contribution in [2.24, 2.45) is 5.73 Å². The molecule has 0 bridgehead atoms. The van der Waals surface area contributed by atoms with Crippen molar-refractivity contribution in [1.29, 1.82) is 0 Å². The van der Waals surface area contributed by atoms with Gasteiger partial charge in [0.05, 0.1) is 0 Å². The highest BCUT2D eigenvalue weighted by Gasteiger charge is 2.11. The quantitative estimate of drug-likeness (QED) is 0.906. The van der Waals surface area contributed by atoms with E-state index < -0.39 is 17.5 Å². The van der Waals surface area contributed by atoms with Gasteiger partial charge in [-0.05, 0) is 35.9 Å². The van der Waals surface area contributed by atoms with Crippen molar-refractivity contribution in [1.82, 2.24) is 0 Å². The fourth-order valence-corrected chi connectivity index (χ4v) is 2.18. The molecule has 92 valence electrons. The van der Waals surface area contributed by atoms with Crippen LogP contribution in [0.15, 0.2) is 40.9 Å². The Kier molecular flexibility index (Phi) is 3.43. The van der Waals surface area contributed by atoms with Crippen molar-refractivity contribution in [3.8, 4) is 11.1 Å². The van der Waals surface area contributed by atoms with Crippen LogP contribution < -0.4 is 5.73 Å². The molecule has 2 nitrogen and oxygen atoms in total. The zero-order valence-corrected chi connectivity index (χ0v) is 10.7. The minimum atomic E-state index is -0.582. The molecule has 0 spiro atoms. The Morgan fingerprint density at radius 3 is 2.39 bits per heavy atom. The topological polar surface area (TPSA) is 43.1 Å². The number of rotatable bonds is 2. The van der Waals surface area contributed by atoms with Crippen LogP contribution in [0, 0.1) is 11.6 Å². The summed E-state index contributed by atoms with van der Waals surface area (Å²) >= 11 is 3.21. The molecule has 2 N–H and O–H groups in total. The lowest BCUT2D eigenvalue weighted by Crippen LogP contribution is -2.10. The van der Waals surface area contributed by atoms with Gasteiger partial charge >= 0.3 is 0 Å². The van der Waals surface area contributed by atoms with Crippen molar-refractivity contribution in [2.75, 3.05) is 0 Å². The Balaban J connectivity index is 2.58. The summed E-state index contributed by atoms with van der Waals surface area (Å²) in [6, 6.07) is 7.65. The number of halogens is 3. The average Bonchev–Trinajstić information content (AvgIpc) is 2.32. The fourth-order valence-electron chi connectivity index (χ4n) is 1.59. The smallest absolute Gasteiger partial charge is 0.248 e. The van der Waals surface area contributed by atoms with Crippen LogP contribution in [0.25, 0.3) is 11.1 Å². The van der Waals surface area contributed by atoms with Crippen LogP contribution in [0.3, 0.4) is 0 Å². The van der Waals surface area contributed by atoms with Crippen LogP contribution in [-0.4, -0.2) is 5.91 Å². The summed E-state index contributed by atoms with van der Waals surface area (Å²) < 4.78 is 27.2. The number of carbonyl (C=O) groups excluding carboxylic acids is 1. The lowest BCUT2D eigenvalue weighted by Gasteiger charge is -2.07. The summed E-state index contributed by atoms with van der Waals surface area (Å²) in [4.78, 5) is 11.0. The zero-order chi connectivity index (χ0) is 13.3. The molecule has 0 unspecified atom stereocenters. The molecule has 0 aliphatic carbocycles. The molecule has 0 saturated heterocycles. The van der Waals surface area contributed by atoms with E-state index in [1.165, 1.54) is 18.2 Å². The van der Waals surface area contributed by atoms with Gasteiger partial charge in [-0.2, -0.15) is 0 Å².